The Balaban J connectivity index is 1.18. The third kappa shape index (κ3) is 5.30. The summed E-state index contributed by atoms with van der Waals surface area (Å²) in [5.74, 6) is 0.0956. The lowest BCUT2D eigenvalue weighted by molar-refractivity contribution is -0.0469. The van der Waals surface area contributed by atoms with Crippen LogP contribution in [0.2, 0.25) is 0 Å². The summed E-state index contributed by atoms with van der Waals surface area (Å²) in [4.78, 5) is 23.6. The van der Waals surface area contributed by atoms with Gasteiger partial charge in [-0.25, -0.2) is 13.8 Å². The minimum absolute atomic E-state index is 0.158. The third-order valence-electron chi connectivity index (χ3n) is 7.08. The van der Waals surface area contributed by atoms with Crippen LogP contribution >= 0.6 is 0 Å². The number of pyridine rings is 2. The summed E-state index contributed by atoms with van der Waals surface area (Å²) < 4.78 is 32.5. The van der Waals surface area contributed by atoms with E-state index in [1.807, 2.05) is 0 Å². The molecule has 2 N–H and O–H groups in total. The monoisotopic (exact) mass is 497 g/mol. The first-order valence-electron chi connectivity index (χ1n) is 12.2. The van der Waals surface area contributed by atoms with Crippen molar-refractivity contribution in [3.8, 4) is 5.82 Å². The molecule has 1 saturated heterocycles. The Morgan fingerprint density at radius 2 is 1.86 bits per heavy atom. The number of carbonyl (C=O) groups is 1. The molecule has 5 rings (SSSR count). The highest BCUT2D eigenvalue weighted by Crippen LogP contribution is 2.38. The standard InChI is InChI=1S/C26H29F2N5O3/c27-24(28)18-1-4-23(30-15-18)33-10-7-19(17-33)25(34)31-20-2-3-22(29-16-20)26(35)8-5-21(6-9-26)32-11-13-36-14-12-32/h1-4,7,10,15-17,21,24,35H,5-6,8-9,11-14H2,(H,31,34). The van der Waals surface area contributed by atoms with Crippen LogP contribution in [0.5, 0.6) is 0 Å². The van der Waals surface area contributed by atoms with Gasteiger partial charge in [0.15, 0.2) is 0 Å². The summed E-state index contributed by atoms with van der Waals surface area (Å²) in [5, 5.41) is 14.0. The van der Waals surface area contributed by atoms with E-state index in [1.165, 1.54) is 12.1 Å². The number of morpholine rings is 1. The van der Waals surface area contributed by atoms with Crippen molar-refractivity contribution in [3.05, 3.63) is 71.9 Å². The van der Waals surface area contributed by atoms with Gasteiger partial charge in [0.1, 0.15) is 11.4 Å². The number of amides is 1. The van der Waals surface area contributed by atoms with Crippen LogP contribution in [0.15, 0.2) is 55.1 Å². The van der Waals surface area contributed by atoms with Gasteiger partial charge in [0.25, 0.3) is 12.3 Å². The Hall–Kier alpha value is -3.21. The molecule has 190 valence electrons. The van der Waals surface area contributed by atoms with Crippen molar-refractivity contribution in [2.75, 3.05) is 31.6 Å². The molecule has 8 nitrogen and oxygen atoms in total. The average molecular weight is 498 g/mol. The highest BCUT2D eigenvalue weighted by molar-refractivity contribution is 6.04. The van der Waals surface area contributed by atoms with Crippen molar-refractivity contribution in [2.45, 2.75) is 43.8 Å². The summed E-state index contributed by atoms with van der Waals surface area (Å²) >= 11 is 0. The van der Waals surface area contributed by atoms with Gasteiger partial charge in [-0.15, -0.1) is 0 Å². The van der Waals surface area contributed by atoms with Crippen LogP contribution in [0.4, 0.5) is 14.5 Å². The molecular weight excluding hydrogens is 468 g/mol. The third-order valence-corrected chi connectivity index (χ3v) is 7.08. The Kier molecular flexibility index (Phi) is 7.08. The van der Waals surface area contributed by atoms with Gasteiger partial charge >= 0.3 is 0 Å². The number of nitrogens with one attached hydrogen (secondary N) is 1. The lowest BCUT2D eigenvalue weighted by atomic mass is 9.79. The fraction of sp³-hybridized carbons (Fsp3) is 0.423. The molecule has 10 heteroatoms. The van der Waals surface area contributed by atoms with Crippen LogP contribution in [0, 0.1) is 0 Å². The number of ether oxygens (including phenoxy) is 1. The van der Waals surface area contributed by atoms with Crippen molar-refractivity contribution in [1.29, 1.82) is 0 Å². The quantitative estimate of drug-likeness (QED) is 0.536. The van der Waals surface area contributed by atoms with Crippen molar-refractivity contribution < 1.29 is 23.4 Å². The van der Waals surface area contributed by atoms with E-state index in [4.69, 9.17) is 4.74 Å². The maximum Gasteiger partial charge on any atom is 0.265 e. The molecule has 1 saturated carbocycles. The molecule has 36 heavy (non-hydrogen) atoms. The first-order valence-corrected chi connectivity index (χ1v) is 12.2. The Morgan fingerprint density at radius 3 is 2.50 bits per heavy atom. The topological polar surface area (TPSA) is 92.5 Å². The number of hydrogen-bond acceptors (Lipinski definition) is 6. The van der Waals surface area contributed by atoms with Crippen LogP contribution in [-0.4, -0.2) is 62.8 Å². The fourth-order valence-electron chi connectivity index (χ4n) is 4.94. The van der Waals surface area contributed by atoms with Gasteiger partial charge in [0.2, 0.25) is 0 Å². The molecule has 4 heterocycles. The van der Waals surface area contributed by atoms with Gasteiger partial charge in [-0.3, -0.25) is 14.7 Å². The Bertz CT molecular complexity index is 1170. The second-order valence-corrected chi connectivity index (χ2v) is 9.36. The molecule has 2 aliphatic rings. The van der Waals surface area contributed by atoms with E-state index in [1.54, 1.807) is 41.4 Å². The van der Waals surface area contributed by atoms with Gasteiger partial charge < -0.3 is 19.7 Å². The zero-order chi connectivity index (χ0) is 25.1. The first-order chi connectivity index (χ1) is 17.4. The summed E-state index contributed by atoms with van der Waals surface area (Å²) in [6, 6.07) is 8.39. The molecular formula is C26H29F2N5O3. The largest absolute Gasteiger partial charge is 0.384 e. The number of anilines is 1. The summed E-state index contributed by atoms with van der Waals surface area (Å²) in [7, 11) is 0. The van der Waals surface area contributed by atoms with Crippen molar-refractivity contribution >= 4 is 11.6 Å². The van der Waals surface area contributed by atoms with E-state index in [2.05, 4.69) is 20.2 Å². The molecule has 0 spiro atoms. The maximum absolute atomic E-state index is 12.7. The summed E-state index contributed by atoms with van der Waals surface area (Å²) in [5.41, 5.74) is 0.399. The van der Waals surface area contributed by atoms with Crippen LogP contribution in [-0.2, 0) is 10.3 Å². The fourth-order valence-corrected chi connectivity index (χ4v) is 4.94. The number of hydrogen-bond donors (Lipinski definition) is 2. The molecule has 0 unspecified atom stereocenters. The lowest BCUT2D eigenvalue weighted by Crippen LogP contribution is -2.47. The van der Waals surface area contributed by atoms with Crippen LogP contribution in [0.1, 0.15) is 53.7 Å². The second-order valence-electron chi connectivity index (χ2n) is 9.36. The Labute approximate surface area is 207 Å². The van der Waals surface area contributed by atoms with Crippen LogP contribution < -0.4 is 5.32 Å². The highest BCUT2D eigenvalue weighted by atomic mass is 19.3. The molecule has 0 bridgehead atoms. The first kappa shape index (κ1) is 24.5. The average Bonchev–Trinajstić information content (AvgIpc) is 3.41. The van der Waals surface area contributed by atoms with E-state index in [0.29, 0.717) is 41.6 Å². The predicted molar refractivity (Wildman–Crippen MR) is 129 cm³/mol. The minimum atomic E-state index is -2.58. The molecule has 3 aromatic rings. The zero-order valence-corrected chi connectivity index (χ0v) is 19.8. The van der Waals surface area contributed by atoms with Crippen molar-refractivity contribution in [1.82, 2.24) is 19.4 Å². The van der Waals surface area contributed by atoms with Crippen LogP contribution in [0.25, 0.3) is 5.82 Å². The molecule has 0 atom stereocenters. The zero-order valence-electron chi connectivity index (χ0n) is 19.8. The summed E-state index contributed by atoms with van der Waals surface area (Å²) in [6.07, 6.45) is 6.43. The number of alkyl halides is 2. The maximum atomic E-state index is 12.7. The predicted octanol–water partition coefficient (Wildman–Crippen LogP) is 3.92. The van der Waals surface area contributed by atoms with Crippen LogP contribution in [0.3, 0.4) is 0 Å². The molecule has 2 fully saturated rings. The molecule has 0 radical (unpaired) electrons. The van der Waals surface area contributed by atoms with Gasteiger partial charge in [-0.05, 0) is 56.0 Å². The van der Waals surface area contributed by atoms with E-state index >= 15 is 0 Å². The molecule has 0 aromatic carbocycles. The minimum Gasteiger partial charge on any atom is -0.384 e. The van der Waals surface area contributed by atoms with Gasteiger partial charge in [-0.1, -0.05) is 0 Å². The van der Waals surface area contributed by atoms with E-state index in [9.17, 15) is 18.7 Å². The number of carbonyl (C=O) groups excluding carboxylic acids is 1. The van der Waals surface area contributed by atoms with E-state index in [0.717, 1.165) is 45.3 Å². The van der Waals surface area contributed by atoms with Gasteiger partial charge in [0.05, 0.1) is 36.4 Å². The number of nitrogens with zero attached hydrogens (tertiary/aromatic N) is 4. The SMILES string of the molecule is O=C(Nc1ccc(C2(O)CCC(N3CCOCC3)CC2)nc1)c1ccn(-c2ccc(C(F)F)cn2)c1. The van der Waals surface area contributed by atoms with E-state index < -0.39 is 12.0 Å². The number of aromatic nitrogens is 3. The van der Waals surface area contributed by atoms with Crippen molar-refractivity contribution in [2.24, 2.45) is 0 Å². The van der Waals surface area contributed by atoms with Gasteiger partial charge in [0, 0.05) is 43.3 Å². The van der Waals surface area contributed by atoms with Gasteiger partial charge in [-0.2, -0.15) is 0 Å². The Morgan fingerprint density at radius 1 is 1.08 bits per heavy atom. The summed E-state index contributed by atoms with van der Waals surface area (Å²) in [6.45, 7) is 3.43. The molecule has 1 aliphatic carbocycles. The number of rotatable bonds is 6. The highest BCUT2D eigenvalue weighted by Gasteiger charge is 2.38. The molecule has 1 amide bonds. The number of halogens is 2. The van der Waals surface area contributed by atoms with E-state index in [-0.39, 0.29) is 11.5 Å². The normalized spacial score (nSPS) is 23.1. The smallest absolute Gasteiger partial charge is 0.265 e. The number of aliphatic hydroxyl groups is 1. The molecule has 3 aromatic heterocycles. The van der Waals surface area contributed by atoms with Crippen molar-refractivity contribution in [3.63, 3.8) is 0 Å². The molecule has 1 aliphatic heterocycles. The second kappa shape index (κ2) is 10.4. The lowest BCUT2D eigenvalue weighted by Gasteiger charge is -2.41.